The number of fused-ring (bicyclic) bond motifs is 1. The molecule has 2 aromatic carbocycles. The Balaban J connectivity index is 1.32. The number of hydrogen-bond donors (Lipinski definition) is 0. The Morgan fingerprint density at radius 2 is 1.78 bits per heavy atom. The molecule has 246 valence electrons. The van der Waals surface area contributed by atoms with Crippen molar-refractivity contribution >= 4 is 33.3 Å². The number of carbonyl (C=O) groups is 2. The summed E-state index contributed by atoms with van der Waals surface area (Å²) in [6, 6.07) is 9.67. The molecule has 0 atom stereocenters. The predicted molar refractivity (Wildman–Crippen MR) is 171 cm³/mol. The molecule has 0 bridgehead atoms. The molecule has 1 aromatic heterocycles. The first-order valence-electron chi connectivity index (χ1n) is 15.1. The molecule has 0 aliphatic carbocycles. The van der Waals surface area contributed by atoms with E-state index in [1.807, 2.05) is 23.1 Å². The van der Waals surface area contributed by atoms with Crippen molar-refractivity contribution in [3.8, 4) is 16.9 Å². The normalized spacial score (nSPS) is 15.9. The standard InChI is InChI=1S/C32H36ClFN4O7S/c1-45-24-8-7-21-18-28(39)37(15-9-22(21)17-24)23-10-13-35(14-11-23)29(40)20-36-19-26(25-5-3-6-27(34)30(25)33)31(41)38(32(36)42)12-4-16-46(2,43)44/h3,5-8,17,19,23H,4,9-16,18,20H2,1-2H3. The summed E-state index contributed by atoms with van der Waals surface area (Å²) in [5, 5.41) is -0.314. The van der Waals surface area contributed by atoms with Gasteiger partial charge in [0.1, 0.15) is 27.9 Å². The van der Waals surface area contributed by atoms with Crippen LogP contribution in [-0.4, -0.2) is 84.0 Å². The van der Waals surface area contributed by atoms with Gasteiger partial charge in [0.15, 0.2) is 0 Å². The number of carbonyl (C=O) groups excluding carboxylic acids is 2. The van der Waals surface area contributed by atoms with E-state index in [1.165, 1.54) is 18.3 Å². The summed E-state index contributed by atoms with van der Waals surface area (Å²) in [5.41, 5.74) is 0.483. The van der Waals surface area contributed by atoms with Crippen LogP contribution < -0.4 is 16.0 Å². The average Bonchev–Trinajstić information content (AvgIpc) is 3.18. The van der Waals surface area contributed by atoms with Gasteiger partial charge in [0.2, 0.25) is 11.8 Å². The van der Waals surface area contributed by atoms with Crippen molar-refractivity contribution in [3.05, 3.63) is 85.4 Å². The predicted octanol–water partition coefficient (Wildman–Crippen LogP) is 2.53. The molecule has 2 amide bonds. The summed E-state index contributed by atoms with van der Waals surface area (Å²) in [4.78, 5) is 57.0. The quantitative estimate of drug-likeness (QED) is 0.341. The third kappa shape index (κ3) is 7.36. The van der Waals surface area contributed by atoms with Crippen LogP contribution in [0, 0.1) is 5.82 Å². The average molecular weight is 675 g/mol. The van der Waals surface area contributed by atoms with Crippen molar-refractivity contribution in [2.75, 3.05) is 38.8 Å². The molecule has 0 unspecified atom stereocenters. The summed E-state index contributed by atoms with van der Waals surface area (Å²) in [7, 11) is -1.75. The van der Waals surface area contributed by atoms with Gasteiger partial charge in [-0.2, -0.15) is 0 Å². The van der Waals surface area contributed by atoms with E-state index in [2.05, 4.69) is 0 Å². The summed E-state index contributed by atoms with van der Waals surface area (Å²) >= 11 is 6.18. The number of rotatable bonds is 9. The van der Waals surface area contributed by atoms with Gasteiger partial charge in [-0.3, -0.25) is 23.5 Å². The fraction of sp³-hybridized carbons (Fsp3) is 0.438. The number of methoxy groups -OCH3 is 1. The van der Waals surface area contributed by atoms with Crippen molar-refractivity contribution in [2.45, 2.75) is 51.2 Å². The molecular weight excluding hydrogens is 639 g/mol. The van der Waals surface area contributed by atoms with Gasteiger partial charge >= 0.3 is 5.69 Å². The second-order valence-corrected chi connectivity index (χ2v) is 14.4. The van der Waals surface area contributed by atoms with Gasteiger partial charge in [0, 0.05) is 50.2 Å². The Kier molecular flexibility index (Phi) is 10.0. The van der Waals surface area contributed by atoms with Crippen LogP contribution >= 0.6 is 11.6 Å². The Labute approximate surface area is 271 Å². The van der Waals surface area contributed by atoms with Gasteiger partial charge < -0.3 is 14.5 Å². The molecule has 46 heavy (non-hydrogen) atoms. The topological polar surface area (TPSA) is 128 Å². The van der Waals surface area contributed by atoms with Crippen molar-refractivity contribution in [2.24, 2.45) is 0 Å². The fourth-order valence-electron chi connectivity index (χ4n) is 6.17. The van der Waals surface area contributed by atoms with E-state index in [-0.39, 0.29) is 52.7 Å². The minimum absolute atomic E-state index is 0.0103. The number of piperidine rings is 1. The number of aromatic nitrogens is 2. The van der Waals surface area contributed by atoms with E-state index in [0.717, 1.165) is 38.3 Å². The highest BCUT2D eigenvalue weighted by Crippen LogP contribution is 2.28. The molecule has 1 fully saturated rings. The van der Waals surface area contributed by atoms with E-state index in [4.69, 9.17) is 16.3 Å². The number of halogens is 2. The third-order valence-electron chi connectivity index (χ3n) is 8.64. The minimum atomic E-state index is -3.36. The Hall–Kier alpha value is -3.97. The van der Waals surface area contributed by atoms with E-state index >= 15 is 0 Å². The van der Waals surface area contributed by atoms with Crippen molar-refractivity contribution in [3.63, 3.8) is 0 Å². The van der Waals surface area contributed by atoms with Crippen LogP contribution in [0.15, 0.2) is 52.2 Å². The Morgan fingerprint density at radius 1 is 1.04 bits per heavy atom. The number of ether oxygens (including phenoxy) is 1. The maximum Gasteiger partial charge on any atom is 0.331 e. The highest BCUT2D eigenvalue weighted by atomic mass is 35.5. The number of likely N-dealkylation sites (tertiary alicyclic amines) is 1. The maximum absolute atomic E-state index is 14.3. The monoisotopic (exact) mass is 674 g/mol. The SMILES string of the molecule is COc1ccc2c(c1)CCN(C1CCN(C(=O)Cn3cc(-c4cccc(F)c4Cl)c(=O)n(CCCS(C)(=O)=O)c3=O)CC1)C(=O)C2. The lowest BCUT2D eigenvalue weighted by molar-refractivity contribution is -0.136. The minimum Gasteiger partial charge on any atom is -0.497 e. The van der Waals surface area contributed by atoms with Crippen LogP contribution in [0.1, 0.15) is 30.4 Å². The first-order chi connectivity index (χ1) is 21.9. The van der Waals surface area contributed by atoms with Crippen LogP contribution in [0.2, 0.25) is 5.02 Å². The zero-order chi connectivity index (χ0) is 33.2. The van der Waals surface area contributed by atoms with Gasteiger partial charge in [-0.15, -0.1) is 0 Å². The summed E-state index contributed by atoms with van der Waals surface area (Å²) in [5.74, 6) is -0.578. The number of benzene rings is 2. The van der Waals surface area contributed by atoms with Crippen molar-refractivity contribution in [1.29, 1.82) is 0 Å². The molecule has 5 rings (SSSR count). The molecule has 1 saturated heterocycles. The van der Waals surface area contributed by atoms with Crippen molar-refractivity contribution < 1.29 is 27.1 Å². The zero-order valence-electron chi connectivity index (χ0n) is 25.7. The van der Waals surface area contributed by atoms with Gasteiger partial charge in [-0.1, -0.05) is 29.8 Å². The van der Waals surface area contributed by atoms with E-state index in [1.54, 1.807) is 12.0 Å². The Morgan fingerprint density at radius 3 is 2.48 bits per heavy atom. The second-order valence-electron chi connectivity index (χ2n) is 11.8. The zero-order valence-corrected chi connectivity index (χ0v) is 27.3. The van der Waals surface area contributed by atoms with Crippen LogP contribution in [0.3, 0.4) is 0 Å². The fourth-order valence-corrected chi connectivity index (χ4v) is 7.05. The number of amides is 2. The van der Waals surface area contributed by atoms with Crippen LogP contribution in [0.25, 0.3) is 11.1 Å². The first kappa shape index (κ1) is 33.4. The second kappa shape index (κ2) is 13.8. The molecular formula is C32H36ClFN4O7S. The number of hydrogen-bond acceptors (Lipinski definition) is 7. The molecule has 0 N–H and O–H groups in total. The lowest BCUT2D eigenvalue weighted by Gasteiger charge is -2.38. The van der Waals surface area contributed by atoms with Gasteiger partial charge in [-0.05, 0) is 55.0 Å². The molecule has 0 radical (unpaired) electrons. The number of sulfone groups is 1. The lowest BCUT2D eigenvalue weighted by atomic mass is 10.0. The van der Waals surface area contributed by atoms with Crippen LogP contribution in [0.5, 0.6) is 5.75 Å². The summed E-state index contributed by atoms with van der Waals surface area (Å²) < 4.78 is 44.9. The first-order valence-corrected chi connectivity index (χ1v) is 17.5. The molecule has 2 aliphatic heterocycles. The molecule has 0 spiro atoms. The highest BCUT2D eigenvalue weighted by molar-refractivity contribution is 7.90. The maximum atomic E-state index is 14.3. The van der Waals surface area contributed by atoms with Gasteiger partial charge in [-0.25, -0.2) is 17.6 Å². The molecule has 14 heteroatoms. The molecule has 3 aromatic rings. The van der Waals surface area contributed by atoms with Crippen LogP contribution in [-0.2, 0) is 45.4 Å². The van der Waals surface area contributed by atoms with E-state index in [0.29, 0.717) is 45.3 Å². The molecule has 2 aliphatic rings. The van der Waals surface area contributed by atoms with Crippen LogP contribution in [0.4, 0.5) is 4.39 Å². The summed E-state index contributed by atoms with van der Waals surface area (Å²) in [6.07, 6.45) is 4.40. The smallest absolute Gasteiger partial charge is 0.331 e. The lowest BCUT2D eigenvalue weighted by Crippen LogP contribution is -2.50. The molecule has 3 heterocycles. The molecule has 0 saturated carbocycles. The Bertz CT molecular complexity index is 1880. The highest BCUT2D eigenvalue weighted by Gasteiger charge is 2.32. The number of nitrogens with zero attached hydrogens (tertiary/aromatic N) is 4. The third-order valence-corrected chi connectivity index (χ3v) is 10.1. The van der Waals surface area contributed by atoms with Gasteiger partial charge in [0.05, 0.1) is 29.9 Å². The summed E-state index contributed by atoms with van der Waals surface area (Å²) in [6.45, 7) is 0.708. The van der Waals surface area contributed by atoms with E-state index in [9.17, 15) is 32.0 Å². The largest absolute Gasteiger partial charge is 0.497 e. The van der Waals surface area contributed by atoms with Crippen molar-refractivity contribution in [1.82, 2.24) is 18.9 Å². The van der Waals surface area contributed by atoms with Gasteiger partial charge in [0.25, 0.3) is 5.56 Å². The van der Waals surface area contributed by atoms with E-state index < -0.39 is 33.4 Å². The molecule has 11 nitrogen and oxygen atoms in total.